The van der Waals surface area contributed by atoms with Crippen molar-refractivity contribution in [3.8, 4) is 0 Å². The first-order valence-electron chi connectivity index (χ1n) is 9.46. The van der Waals surface area contributed by atoms with Crippen LogP contribution < -0.4 is 5.32 Å². The van der Waals surface area contributed by atoms with E-state index in [0.29, 0.717) is 28.9 Å². The number of guanidine groups is 1. The molecule has 2 heterocycles. The van der Waals surface area contributed by atoms with Crippen LogP contribution >= 0.6 is 0 Å². The van der Waals surface area contributed by atoms with E-state index in [-0.39, 0.29) is 5.54 Å². The zero-order valence-corrected chi connectivity index (χ0v) is 15.5. The Bertz CT molecular complexity index is 519. The topological polar surface area (TPSA) is 36.9 Å². The summed E-state index contributed by atoms with van der Waals surface area (Å²) >= 11 is 0. The predicted molar refractivity (Wildman–Crippen MR) is 93.6 cm³/mol. The zero-order chi connectivity index (χ0) is 16.5. The highest BCUT2D eigenvalue weighted by Crippen LogP contribution is 2.60. The minimum atomic E-state index is 0.160. The van der Waals surface area contributed by atoms with Gasteiger partial charge in [0.2, 0.25) is 0 Å². The molecule has 1 N–H and O–H groups in total. The summed E-state index contributed by atoms with van der Waals surface area (Å²) in [6, 6.07) is 0.565. The lowest BCUT2D eigenvalue weighted by molar-refractivity contribution is -0.128. The zero-order valence-electron chi connectivity index (χ0n) is 15.5. The van der Waals surface area contributed by atoms with Crippen molar-refractivity contribution in [3.05, 3.63) is 0 Å². The number of hydrogen-bond acceptors (Lipinski definition) is 2. The standard InChI is InChI=1S/C19H33N3O/c1-17(2)12-22(18(17,3)4)16(20-5)21-14-13-8-11-23-15(13)19(14)9-6-7-10-19/h13-15H,6-12H2,1-5H3,(H,20,21). The number of nitrogens with one attached hydrogen (secondary N) is 1. The van der Waals surface area contributed by atoms with Gasteiger partial charge in [-0.3, -0.25) is 4.99 Å². The number of aliphatic imine (C=N–C) groups is 1. The number of likely N-dealkylation sites (tertiary alicyclic amines) is 1. The van der Waals surface area contributed by atoms with Gasteiger partial charge in [-0.15, -0.1) is 0 Å². The SMILES string of the molecule is CN=C(NC1C2CCOC2C12CCCC2)N1CC(C)(C)C1(C)C. The lowest BCUT2D eigenvalue weighted by Crippen LogP contribution is -2.76. The lowest BCUT2D eigenvalue weighted by Gasteiger charge is -2.64. The molecule has 3 atom stereocenters. The molecule has 0 radical (unpaired) electrons. The second kappa shape index (κ2) is 4.87. The molecule has 1 spiro atoms. The largest absolute Gasteiger partial charge is 0.377 e. The van der Waals surface area contributed by atoms with Gasteiger partial charge in [-0.1, -0.05) is 26.7 Å². The third-order valence-corrected chi connectivity index (χ3v) is 7.92. The Balaban J connectivity index is 1.53. The summed E-state index contributed by atoms with van der Waals surface area (Å²) in [5.41, 5.74) is 0.892. The Morgan fingerprint density at radius 3 is 2.43 bits per heavy atom. The van der Waals surface area contributed by atoms with Crippen molar-refractivity contribution in [2.75, 3.05) is 20.2 Å². The molecule has 0 amide bonds. The van der Waals surface area contributed by atoms with Crippen molar-refractivity contribution in [1.82, 2.24) is 10.2 Å². The summed E-state index contributed by atoms with van der Waals surface area (Å²) in [5, 5.41) is 3.90. The van der Waals surface area contributed by atoms with Crippen molar-refractivity contribution in [3.63, 3.8) is 0 Å². The maximum Gasteiger partial charge on any atom is 0.194 e. The molecule has 2 saturated heterocycles. The number of hydrogen-bond donors (Lipinski definition) is 1. The molecule has 4 heteroatoms. The van der Waals surface area contributed by atoms with Crippen LogP contribution in [-0.2, 0) is 4.74 Å². The molecule has 0 bridgehead atoms. The molecule has 3 unspecified atom stereocenters. The van der Waals surface area contributed by atoms with Crippen LogP contribution in [-0.4, -0.2) is 48.7 Å². The maximum atomic E-state index is 6.12. The molecule has 2 saturated carbocycles. The fraction of sp³-hybridized carbons (Fsp3) is 0.947. The first-order valence-corrected chi connectivity index (χ1v) is 9.46. The highest BCUT2D eigenvalue weighted by Gasteiger charge is 2.65. The predicted octanol–water partition coefficient (Wildman–Crippen LogP) is 3.03. The smallest absolute Gasteiger partial charge is 0.194 e. The van der Waals surface area contributed by atoms with Gasteiger partial charge in [-0.05, 0) is 33.1 Å². The van der Waals surface area contributed by atoms with E-state index in [1.54, 1.807) is 0 Å². The normalized spacial score (nSPS) is 39.8. The molecule has 23 heavy (non-hydrogen) atoms. The third kappa shape index (κ3) is 1.90. The average molecular weight is 319 g/mol. The maximum absolute atomic E-state index is 6.12. The Hall–Kier alpha value is -0.770. The van der Waals surface area contributed by atoms with Crippen LogP contribution in [0.15, 0.2) is 4.99 Å². The Labute approximate surface area is 141 Å². The molecule has 2 aliphatic carbocycles. The van der Waals surface area contributed by atoms with E-state index in [1.165, 1.54) is 32.1 Å². The molecular weight excluding hydrogens is 286 g/mol. The average Bonchev–Trinajstić information content (AvgIpc) is 3.14. The van der Waals surface area contributed by atoms with E-state index in [2.05, 4.69) is 42.9 Å². The van der Waals surface area contributed by atoms with Gasteiger partial charge < -0.3 is 15.0 Å². The van der Waals surface area contributed by atoms with Gasteiger partial charge in [0.25, 0.3) is 0 Å². The molecule has 0 aromatic heterocycles. The Kier molecular flexibility index (Phi) is 3.33. The molecule has 0 aromatic rings. The summed E-state index contributed by atoms with van der Waals surface area (Å²) in [6.07, 6.45) is 7.13. The van der Waals surface area contributed by atoms with Crippen LogP contribution in [0, 0.1) is 16.7 Å². The van der Waals surface area contributed by atoms with Crippen LogP contribution in [0.5, 0.6) is 0 Å². The van der Waals surface area contributed by atoms with Gasteiger partial charge >= 0.3 is 0 Å². The monoisotopic (exact) mass is 319 g/mol. The van der Waals surface area contributed by atoms with Crippen LogP contribution in [0.1, 0.15) is 59.8 Å². The molecule has 0 aromatic carbocycles. The summed E-state index contributed by atoms with van der Waals surface area (Å²) < 4.78 is 6.12. The van der Waals surface area contributed by atoms with Gasteiger partial charge in [0.15, 0.2) is 5.96 Å². The molecule has 2 aliphatic heterocycles. The van der Waals surface area contributed by atoms with Crippen LogP contribution in [0.3, 0.4) is 0 Å². The highest BCUT2D eigenvalue weighted by molar-refractivity contribution is 5.82. The van der Waals surface area contributed by atoms with E-state index >= 15 is 0 Å². The van der Waals surface area contributed by atoms with Gasteiger partial charge in [-0.25, -0.2) is 0 Å². The van der Waals surface area contributed by atoms with Crippen LogP contribution in [0.2, 0.25) is 0 Å². The van der Waals surface area contributed by atoms with Crippen molar-refractivity contribution < 1.29 is 4.74 Å². The fourth-order valence-electron chi connectivity index (χ4n) is 5.71. The number of rotatable bonds is 1. The molecule has 4 nitrogen and oxygen atoms in total. The molecule has 4 aliphatic rings. The molecular formula is C19H33N3O. The number of nitrogens with zero attached hydrogens (tertiary/aromatic N) is 2. The number of ether oxygens (including phenoxy) is 1. The first kappa shape index (κ1) is 15.7. The number of fused-ring (bicyclic) bond motifs is 2. The minimum Gasteiger partial charge on any atom is -0.377 e. The van der Waals surface area contributed by atoms with Crippen LogP contribution in [0.4, 0.5) is 0 Å². The lowest BCUT2D eigenvalue weighted by atomic mass is 9.54. The van der Waals surface area contributed by atoms with Crippen molar-refractivity contribution in [1.29, 1.82) is 0 Å². The molecule has 4 rings (SSSR count). The fourth-order valence-corrected chi connectivity index (χ4v) is 5.71. The van der Waals surface area contributed by atoms with Gasteiger partial charge in [0, 0.05) is 48.5 Å². The second-order valence-electron chi connectivity index (χ2n) is 9.38. The summed E-state index contributed by atoms with van der Waals surface area (Å²) in [7, 11) is 1.94. The van der Waals surface area contributed by atoms with E-state index in [1.807, 2.05) is 7.05 Å². The quantitative estimate of drug-likeness (QED) is 0.596. The van der Waals surface area contributed by atoms with E-state index < -0.39 is 0 Å². The Morgan fingerprint density at radius 2 is 1.87 bits per heavy atom. The van der Waals surface area contributed by atoms with E-state index in [9.17, 15) is 0 Å². The summed E-state index contributed by atoms with van der Waals surface area (Å²) in [4.78, 5) is 7.12. The van der Waals surface area contributed by atoms with Crippen molar-refractivity contribution >= 4 is 5.96 Å². The van der Waals surface area contributed by atoms with E-state index in [0.717, 1.165) is 19.1 Å². The highest BCUT2D eigenvalue weighted by atomic mass is 16.5. The van der Waals surface area contributed by atoms with Gasteiger partial charge in [-0.2, -0.15) is 0 Å². The molecule has 4 fully saturated rings. The van der Waals surface area contributed by atoms with E-state index in [4.69, 9.17) is 4.74 Å². The summed E-state index contributed by atoms with van der Waals surface area (Å²) in [5.74, 6) is 1.80. The van der Waals surface area contributed by atoms with Gasteiger partial charge in [0.1, 0.15) is 0 Å². The van der Waals surface area contributed by atoms with Crippen molar-refractivity contribution in [2.24, 2.45) is 21.7 Å². The van der Waals surface area contributed by atoms with Crippen LogP contribution in [0.25, 0.3) is 0 Å². The Morgan fingerprint density at radius 1 is 1.17 bits per heavy atom. The van der Waals surface area contributed by atoms with Gasteiger partial charge in [0.05, 0.1) is 6.10 Å². The summed E-state index contributed by atoms with van der Waals surface area (Å²) in [6.45, 7) is 11.5. The first-order chi connectivity index (χ1) is 10.8. The minimum absolute atomic E-state index is 0.160. The third-order valence-electron chi connectivity index (χ3n) is 7.92. The van der Waals surface area contributed by atoms with Crippen molar-refractivity contribution in [2.45, 2.75) is 77.5 Å². The molecule has 130 valence electrons. The second-order valence-corrected chi connectivity index (χ2v) is 9.38.